The first-order valence-electron chi connectivity index (χ1n) is 8.15. The van der Waals surface area contributed by atoms with Gasteiger partial charge in [-0.1, -0.05) is 24.6 Å². The number of hydrogen-bond donors (Lipinski definition) is 0. The van der Waals surface area contributed by atoms with Crippen molar-refractivity contribution in [2.75, 3.05) is 0 Å². The van der Waals surface area contributed by atoms with Gasteiger partial charge >= 0.3 is 0 Å². The maximum absolute atomic E-state index is 11.0. The highest BCUT2D eigenvalue weighted by Gasteiger charge is 2.17. The lowest BCUT2D eigenvalue weighted by Crippen LogP contribution is -2.05. The molecule has 0 amide bonds. The van der Waals surface area contributed by atoms with Crippen molar-refractivity contribution in [1.82, 2.24) is 14.8 Å². The summed E-state index contributed by atoms with van der Waals surface area (Å²) in [5.74, 6) is 1.47. The Morgan fingerprint density at radius 3 is 2.92 bits per heavy atom. The predicted octanol–water partition coefficient (Wildman–Crippen LogP) is 3.53. The summed E-state index contributed by atoms with van der Waals surface area (Å²) in [7, 11) is 0. The SMILES string of the molecule is N#CC(=CC=Cc1ccccc1[N+](=O)[O-])c1nnc2n1CCCCC2. The van der Waals surface area contributed by atoms with Gasteiger partial charge in [0.15, 0.2) is 5.82 Å². The molecule has 0 radical (unpaired) electrons. The van der Waals surface area contributed by atoms with Gasteiger partial charge in [0.1, 0.15) is 11.9 Å². The molecule has 0 N–H and O–H groups in total. The maximum Gasteiger partial charge on any atom is 0.276 e. The van der Waals surface area contributed by atoms with Crippen molar-refractivity contribution in [2.45, 2.75) is 32.2 Å². The molecule has 0 fully saturated rings. The smallest absolute Gasteiger partial charge is 0.276 e. The van der Waals surface area contributed by atoms with E-state index in [0.29, 0.717) is 17.0 Å². The number of aromatic nitrogens is 3. The second kappa shape index (κ2) is 7.53. The van der Waals surface area contributed by atoms with Gasteiger partial charge in [0.25, 0.3) is 5.69 Å². The number of hydrogen-bond acceptors (Lipinski definition) is 5. The van der Waals surface area contributed by atoms with E-state index in [1.807, 2.05) is 4.57 Å². The molecule has 0 saturated carbocycles. The normalized spacial score (nSPS) is 14.8. The van der Waals surface area contributed by atoms with Crippen molar-refractivity contribution in [3.05, 3.63) is 63.7 Å². The third-order valence-corrected chi connectivity index (χ3v) is 4.14. The van der Waals surface area contributed by atoms with Crippen LogP contribution in [0.4, 0.5) is 5.69 Å². The fourth-order valence-corrected chi connectivity index (χ4v) is 2.89. The van der Waals surface area contributed by atoms with E-state index in [2.05, 4.69) is 16.3 Å². The molecule has 126 valence electrons. The van der Waals surface area contributed by atoms with Crippen LogP contribution in [0.2, 0.25) is 0 Å². The Balaban J connectivity index is 1.89. The summed E-state index contributed by atoms with van der Waals surface area (Å²) in [6.45, 7) is 0.810. The minimum absolute atomic E-state index is 0.0296. The molecule has 0 bridgehead atoms. The van der Waals surface area contributed by atoms with Gasteiger partial charge < -0.3 is 4.57 Å². The minimum atomic E-state index is -0.424. The third-order valence-electron chi connectivity index (χ3n) is 4.14. The zero-order chi connectivity index (χ0) is 17.6. The number of allylic oxidation sites excluding steroid dienone is 3. The zero-order valence-corrected chi connectivity index (χ0v) is 13.6. The van der Waals surface area contributed by atoms with E-state index in [9.17, 15) is 15.4 Å². The minimum Gasteiger partial charge on any atom is -0.310 e. The Morgan fingerprint density at radius 2 is 2.12 bits per heavy atom. The predicted molar refractivity (Wildman–Crippen MR) is 93.3 cm³/mol. The van der Waals surface area contributed by atoms with Crippen molar-refractivity contribution in [3.63, 3.8) is 0 Å². The average Bonchev–Trinajstić information content (AvgIpc) is 2.87. The summed E-state index contributed by atoms with van der Waals surface area (Å²) < 4.78 is 2.00. The van der Waals surface area contributed by atoms with Crippen LogP contribution in [0, 0.1) is 21.4 Å². The van der Waals surface area contributed by atoms with Gasteiger partial charge in [-0.15, -0.1) is 10.2 Å². The fraction of sp³-hybridized carbons (Fsp3) is 0.278. The number of para-hydroxylation sites is 1. The number of nitrogens with zero attached hydrogens (tertiary/aromatic N) is 5. The van der Waals surface area contributed by atoms with Gasteiger partial charge in [-0.25, -0.2) is 0 Å². The van der Waals surface area contributed by atoms with Gasteiger partial charge in [0.2, 0.25) is 0 Å². The van der Waals surface area contributed by atoms with Gasteiger partial charge in [-0.2, -0.15) is 5.26 Å². The molecule has 1 aliphatic heterocycles. The van der Waals surface area contributed by atoms with Crippen LogP contribution >= 0.6 is 0 Å². The molecular formula is C18H17N5O2. The number of nitro groups is 1. The van der Waals surface area contributed by atoms with E-state index < -0.39 is 4.92 Å². The molecule has 2 heterocycles. The number of benzene rings is 1. The van der Waals surface area contributed by atoms with Crippen molar-refractivity contribution in [1.29, 1.82) is 5.26 Å². The standard InChI is InChI=1S/C18H17N5O2/c19-13-15(18-21-20-17-11-2-1-5-12-22(17)18)9-6-8-14-7-3-4-10-16(14)23(24)25/h3-4,6-10H,1-2,5,11-12H2. The molecule has 1 aromatic heterocycles. The van der Waals surface area contributed by atoms with E-state index in [4.69, 9.17) is 0 Å². The van der Waals surface area contributed by atoms with Crippen LogP contribution in [0.15, 0.2) is 36.4 Å². The van der Waals surface area contributed by atoms with E-state index in [1.165, 1.54) is 6.07 Å². The van der Waals surface area contributed by atoms with Crippen LogP contribution in [-0.2, 0) is 13.0 Å². The van der Waals surface area contributed by atoms with E-state index in [-0.39, 0.29) is 5.69 Å². The van der Waals surface area contributed by atoms with E-state index in [1.54, 1.807) is 36.4 Å². The summed E-state index contributed by atoms with van der Waals surface area (Å²) in [6, 6.07) is 8.63. The average molecular weight is 335 g/mol. The molecule has 7 heteroatoms. The number of nitriles is 1. The van der Waals surface area contributed by atoms with Crippen molar-refractivity contribution < 1.29 is 4.92 Å². The Kier molecular flexibility index (Phi) is 5.00. The quantitative estimate of drug-likeness (QED) is 0.368. The highest BCUT2D eigenvalue weighted by molar-refractivity contribution is 5.75. The Hall–Kier alpha value is -3.27. The monoisotopic (exact) mass is 335 g/mol. The molecule has 0 spiro atoms. The van der Waals surface area contributed by atoms with Crippen LogP contribution in [0.1, 0.15) is 36.5 Å². The van der Waals surface area contributed by atoms with Crippen molar-refractivity contribution in [2.24, 2.45) is 0 Å². The topological polar surface area (TPSA) is 97.6 Å². The van der Waals surface area contributed by atoms with Crippen molar-refractivity contribution in [3.8, 4) is 6.07 Å². The molecule has 0 saturated heterocycles. The van der Waals surface area contributed by atoms with Gasteiger partial charge in [-0.3, -0.25) is 10.1 Å². The van der Waals surface area contributed by atoms with Crippen LogP contribution in [-0.4, -0.2) is 19.7 Å². The Labute approximate surface area is 145 Å². The van der Waals surface area contributed by atoms with E-state index in [0.717, 1.165) is 38.1 Å². The largest absolute Gasteiger partial charge is 0.310 e. The lowest BCUT2D eigenvalue weighted by molar-refractivity contribution is -0.385. The number of rotatable bonds is 4. The Bertz CT molecular complexity index is 889. The van der Waals surface area contributed by atoms with Gasteiger partial charge in [0, 0.05) is 19.0 Å². The molecule has 0 atom stereocenters. The summed E-state index contributed by atoms with van der Waals surface area (Å²) in [5.41, 5.74) is 0.915. The summed E-state index contributed by atoms with van der Waals surface area (Å²) in [6.07, 6.45) is 9.03. The molecule has 0 unspecified atom stereocenters. The molecule has 0 aliphatic carbocycles. The number of nitro benzene ring substituents is 1. The zero-order valence-electron chi connectivity index (χ0n) is 13.6. The van der Waals surface area contributed by atoms with Crippen LogP contribution in [0.3, 0.4) is 0 Å². The first-order chi connectivity index (χ1) is 12.2. The highest BCUT2D eigenvalue weighted by atomic mass is 16.6. The highest BCUT2D eigenvalue weighted by Crippen LogP contribution is 2.21. The third kappa shape index (κ3) is 3.63. The number of aryl methyl sites for hydroxylation is 1. The second-order valence-corrected chi connectivity index (χ2v) is 5.77. The van der Waals surface area contributed by atoms with Crippen LogP contribution in [0.5, 0.6) is 0 Å². The summed E-state index contributed by atoms with van der Waals surface area (Å²) in [5, 5.41) is 28.9. The molecule has 3 rings (SSSR count). The molecule has 7 nitrogen and oxygen atoms in total. The van der Waals surface area contributed by atoms with Gasteiger partial charge in [0.05, 0.1) is 16.1 Å². The first kappa shape index (κ1) is 16.6. The maximum atomic E-state index is 11.0. The molecular weight excluding hydrogens is 318 g/mol. The fourth-order valence-electron chi connectivity index (χ4n) is 2.89. The lowest BCUT2D eigenvalue weighted by Gasteiger charge is -2.05. The van der Waals surface area contributed by atoms with E-state index >= 15 is 0 Å². The van der Waals surface area contributed by atoms with Crippen LogP contribution in [0.25, 0.3) is 11.6 Å². The molecule has 25 heavy (non-hydrogen) atoms. The van der Waals surface area contributed by atoms with Gasteiger partial charge in [-0.05, 0) is 31.1 Å². The summed E-state index contributed by atoms with van der Waals surface area (Å²) >= 11 is 0. The first-order valence-corrected chi connectivity index (χ1v) is 8.15. The lowest BCUT2D eigenvalue weighted by atomic mass is 10.1. The summed E-state index contributed by atoms with van der Waals surface area (Å²) in [4.78, 5) is 10.6. The molecule has 1 aromatic carbocycles. The Morgan fingerprint density at radius 1 is 1.28 bits per heavy atom. The molecule has 2 aromatic rings. The second-order valence-electron chi connectivity index (χ2n) is 5.77. The molecule has 1 aliphatic rings. The number of fused-ring (bicyclic) bond motifs is 1. The van der Waals surface area contributed by atoms with Crippen LogP contribution < -0.4 is 0 Å². The van der Waals surface area contributed by atoms with Crippen molar-refractivity contribution >= 4 is 17.3 Å².